The molecule has 3 nitrogen and oxygen atoms in total. The zero-order valence-corrected chi connectivity index (χ0v) is 13.1. The van der Waals surface area contributed by atoms with Crippen molar-refractivity contribution in [3.63, 3.8) is 0 Å². The van der Waals surface area contributed by atoms with Crippen molar-refractivity contribution in [1.29, 1.82) is 0 Å². The molecule has 1 aromatic rings. The summed E-state index contributed by atoms with van der Waals surface area (Å²) >= 11 is 0. The Labute approximate surface area is 122 Å². The highest BCUT2D eigenvalue weighted by Gasteiger charge is 2.44. The molecule has 0 spiro atoms. The number of hydrogen-bond acceptors (Lipinski definition) is 2. The van der Waals surface area contributed by atoms with Gasteiger partial charge in [-0.1, -0.05) is 51.1 Å². The summed E-state index contributed by atoms with van der Waals surface area (Å²) < 4.78 is 6.20. The molecule has 20 heavy (non-hydrogen) atoms. The van der Waals surface area contributed by atoms with Gasteiger partial charge in [0.25, 0.3) is 0 Å². The molecule has 1 aliphatic rings. The van der Waals surface area contributed by atoms with Gasteiger partial charge in [-0.05, 0) is 6.92 Å². The van der Waals surface area contributed by atoms with Crippen LogP contribution in [0.3, 0.4) is 0 Å². The lowest BCUT2D eigenvalue weighted by Crippen LogP contribution is -2.55. The van der Waals surface area contributed by atoms with Crippen LogP contribution in [-0.2, 0) is 4.74 Å². The van der Waals surface area contributed by atoms with Crippen molar-refractivity contribution in [3.8, 4) is 0 Å². The van der Waals surface area contributed by atoms with Crippen LogP contribution in [0, 0.1) is 0 Å². The second-order valence-electron chi connectivity index (χ2n) is 6.78. The summed E-state index contributed by atoms with van der Waals surface area (Å²) in [5.41, 5.74) is 1.72. The molecule has 0 N–H and O–H groups in total. The van der Waals surface area contributed by atoms with E-state index in [1.165, 1.54) is 5.56 Å². The molecule has 1 saturated heterocycles. The van der Waals surface area contributed by atoms with E-state index in [1.54, 1.807) is 0 Å². The molecule has 0 radical (unpaired) electrons. The van der Waals surface area contributed by atoms with E-state index < -0.39 is 5.60 Å². The Morgan fingerprint density at radius 3 is 2.30 bits per heavy atom. The Hall–Kier alpha value is -1.48. The monoisotopic (exact) mass is 275 g/mol. The molecule has 2 atom stereocenters. The summed E-state index contributed by atoms with van der Waals surface area (Å²) in [6, 6.07) is 10.6. The minimum absolute atomic E-state index is 0.144. The highest BCUT2D eigenvalue weighted by molar-refractivity contribution is 5.18. The van der Waals surface area contributed by atoms with Gasteiger partial charge in [0, 0.05) is 11.2 Å². The fraction of sp³-hybridized carbons (Fsp3) is 0.529. The maximum atomic E-state index is 12.3. The quantitative estimate of drug-likeness (QED) is 0.627. The Morgan fingerprint density at radius 2 is 1.85 bits per heavy atom. The molecule has 0 unspecified atom stereocenters. The Kier molecular flexibility index (Phi) is 3.83. The second kappa shape index (κ2) is 5.13. The summed E-state index contributed by atoms with van der Waals surface area (Å²) in [6.07, 6.45) is 0.836. The van der Waals surface area contributed by atoms with Crippen molar-refractivity contribution in [2.45, 2.75) is 45.8 Å². The van der Waals surface area contributed by atoms with Gasteiger partial charge in [0.1, 0.15) is 17.7 Å². The first-order valence-electron chi connectivity index (χ1n) is 7.24. The van der Waals surface area contributed by atoms with Gasteiger partial charge in [-0.25, -0.2) is 0 Å². The average molecular weight is 275 g/mol. The topological polar surface area (TPSA) is 32.3 Å². The van der Waals surface area contributed by atoms with Crippen LogP contribution < -0.4 is 5.11 Å². The third-order valence-corrected chi connectivity index (χ3v) is 4.20. The number of rotatable bonds is 3. The van der Waals surface area contributed by atoms with E-state index >= 15 is 0 Å². The fourth-order valence-electron chi connectivity index (χ4n) is 2.71. The van der Waals surface area contributed by atoms with Crippen LogP contribution in [0.5, 0.6) is 0 Å². The van der Waals surface area contributed by atoms with E-state index in [-0.39, 0.29) is 12.0 Å². The number of ether oxygens (including phenoxy) is 1. The van der Waals surface area contributed by atoms with Crippen molar-refractivity contribution in [1.82, 2.24) is 0 Å². The molecule has 0 aliphatic carbocycles. The Morgan fingerprint density at radius 1 is 1.25 bits per heavy atom. The molecule has 0 saturated carbocycles. The summed E-state index contributed by atoms with van der Waals surface area (Å²) in [5.74, 6) is -0.144. The van der Waals surface area contributed by atoms with Gasteiger partial charge in [-0.15, -0.1) is 0 Å². The molecule has 3 heteroatoms. The number of nitrogens with zero attached hydrogens (tertiary/aromatic N) is 1. The van der Waals surface area contributed by atoms with Gasteiger partial charge in [0.2, 0.25) is 0 Å². The van der Waals surface area contributed by atoms with E-state index in [0.29, 0.717) is 4.48 Å². The van der Waals surface area contributed by atoms with Crippen molar-refractivity contribution in [2.75, 3.05) is 13.6 Å². The second-order valence-corrected chi connectivity index (χ2v) is 6.78. The van der Waals surface area contributed by atoms with E-state index in [1.807, 2.05) is 39.0 Å². The Balaban J connectivity index is 2.25. The normalized spacial score (nSPS) is 26.6. The lowest BCUT2D eigenvalue weighted by molar-refractivity contribution is -0.937. The molecule has 1 aliphatic heterocycles. The lowest BCUT2D eigenvalue weighted by atomic mass is 9.96. The highest BCUT2D eigenvalue weighted by atomic mass is 16.6. The van der Waals surface area contributed by atoms with E-state index in [9.17, 15) is 5.11 Å². The van der Waals surface area contributed by atoms with Crippen LogP contribution in [-0.4, -0.2) is 23.7 Å². The van der Waals surface area contributed by atoms with Crippen LogP contribution in [0.1, 0.15) is 45.7 Å². The minimum atomic E-state index is -0.430. The number of likely N-dealkylation sites (tertiary alicyclic amines) is 1. The predicted molar refractivity (Wildman–Crippen MR) is 78.4 cm³/mol. The Bertz CT molecular complexity index is 501. The van der Waals surface area contributed by atoms with Crippen LogP contribution in [0.2, 0.25) is 0 Å². The van der Waals surface area contributed by atoms with Gasteiger partial charge in [0.15, 0.2) is 0 Å². The highest BCUT2D eigenvalue weighted by Crippen LogP contribution is 2.42. The van der Waals surface area contributed by atoms with Crippen LogP contribution in [0.25, 0.3) is 0 Å². The van der Waals surface area contributed by atoms with Crippen molar-refractivity contribution in [3.05, 3.63) is 47.5 Å². The summed E-state index contributed by atoms with van der Waals surface area (Å²) in [7, 11) is 2.13. The molecule has 1 aromatic carbocycles. The van der Waals surface area contributed by atoms with Gasteiger partial charge >= 0.3 is 0 Å². The van der Waals surface area contributed by atoms with E-state index in [0.717, 1.165) is 18.7 Å². The fourth-order valence-corrected chi connectivity index (χ4v) is 2.71. The molecular weight excluding hydrogens is 250 g/mol. The first-order valence-corrected chi connectivity index (χ1v) is 7.24. The molecule has 1 heterocycles. The summed E-state index contributed by atoms with van der Waals surface area (Å²) in [6.45, 7) is 8.91. The molecule has 110 valence electrons. The molecule has 1 fully saturated rings. The maximum absolute atomic E-state index is 12.3. The van der Waals surface area contributed by atoms with Crippen molar-refractivity contribution < 1.29 is 14.3 Å². The first-order chi connectivity index (χ1) is 9.24. The zero-order valence-electron chi connectivity index (χ0n) is 13.1. The third kappa shape index (κ3) is 2.83. The smallest absolute Gasteiger partial charge is 0.137 e. The van der Waals surface area contributed by atoms with Gasteiger partial charge in [-0.2, -0.15) is 0 Å². The zero-order chi connectivity index (χ0) is 15.0. The van der Waals surface area contributed by atoms with E-state index in [4.69, 9.17) is 4.74 Å². The third-order valence-electron chi connectivity index (χ3n) is 4.20. The predicted octanol–water partition coefficient (Wildman–Crippen LogP) is 2.94. The first kappa shape index (κ1) is 14.9. The van der Waals surface area contributed by atoms with Crippen LogP contribution in [0.15, 0.2) is 42.0 Å². The molecule has 0 aromatic heterocycles. The lowest BCUT2D eigenvalue weighted by Gasteiger charge is -2.50. The number of hydrogen-bond donors (Lipinski definition) is 0. The minimum Gasteiger partial charge on any atom is -0.604 e. The largest absolute Gasteiger partial charge is 0.604 e. The standard InChI is InChI=1S/C17H25NO2/c1-13(14-9-7-6-8-10-14)18(5)12-11-15(18)16(19)20-17(2,3)4/h6-10,13H,11-12H2,1-5H3/b16-15+/t13-,18-/m0/s1. The summed E-state index contributed by atoms with van der Waals surface area (Å²) in [4.78, 5) is 0. The molecule has 0 bridgehead atoms. The summed E-state index contributed by atoms with van der Waals surface area (Å²) in [5, 5.41) is 12.3. The SMILES string of the molecule is C[C@@H](c1ccccc1)[N@+]1(C)CC/C1=C(/[O-])OC(C)(C)C. The molecular formula is C17H25NO2. The van der Waals surface area contributed by atoms with Crippen LogP contribution >= 0.6 is 0 Å². The molecule has 0 amide bonds. The molecule has 2 rings (SSSR count). The van der Waals surface area contributed by atoms with Gasteiger partial charge in [-0.3, -0.25) is 4.48 Å². The van der Waals surface area contributed by atoms with Crippen molar-refractivity contribution >= 4 is 0 Å². The average Bonchev–Trinajstić information content (AvgIpc) is 2.34. The number of benzene rings is 1. The van der Waals surface area contributed by atoms with E-state index in [2.05, 4.69) is 26.1 Å². The van der Waals surface area contributed by atoms with Gasteiger partial charge in [0.05, 0.1) is 20.0 Å². The maximum Gasteiger partial charge on any atom is 0.137 e. The van der Waals surface area contributed by atoms with Crippen LogP contribution in [0.4, 0.5) is 0 Å². The van der Waals surface area contributed by atoms with Gasteiger partial charge < -0.3 is 9.84 Å². The number of quaternary nitrogens is 1. The van der Waals surface area contributed by atoms with Crippen molar-refractivity contribution in [2.24, 2.45) is 0 Å².